The molecule has 2 fully saturated rings. The fourth-order valence-corrected chi connectivity index (χ4v) is 4.46. The van der Waals surface area contributed by atoms with Gasteiger partial charge in [0.15, 0.2) is 5.69 Å². The van der Waals surface area contributed by atoms with E-state index in [4.69, 9.17) is 6.57 Å². The van der Waals surface area contributed by atoms with Crippen LogP contribution in [0, 0.1) is 24.2 Å². The number of nitrogens with zero attached hydrogens (tertiary/aromatic N) is 5. The minimum Gasteiger partial charge on any atom is -0.369 e. The molecule has 2 aliphatic rings. The highest BCUT2D eigenvalue weighted by Gasteiger charge is 2.30. The van der Waals surface area contributed by atoms with Gasteiger partial charge in [-0.2, -0.15) is 0 Å². The number of benzene rings is 1. The molecule has 0 bridgehead atoms. The highest BCUT2D eigenvalue weighted by Crippen LogP contribution is 2.35. The van der Waals surface area contributed by atoms with Gasteiger partial charge in [0.05, 0.1) is 12.3 Å². The Morgan fingerprint density at radius 3 is 2.07 bits per heavy atom. The summed E-state index contributed by atoms with van der Waals surface area (Å²) in [4.78, 5) is 16.4. The SMILES string of the molecule is [C-]#[N+]c1ccc(N2CCC(C3CCN(c4ncccn4)CC3)CC2)c(F)c1. The molecule has 2 aromatic rings. The van der Waals surface area contributed by atoms with Crippen LogP contribution in [0.1, 0.15) is 25.7 Å². The molecule has 140 valence electrons. The van der Waals surface area contributed by atoms with E-state index in [-0.39, 0.29) is 5.82 Å². The molecule has 2 aliphatic heterocycles. The summed E-state index contributed by atoms with van der Waals surface area (Å²) in [5.74, 6) is 2.01. The van der Waals surface area contributed by atoms with Crippen molar-refractivity contribution < 1.29 is 4.39 Å². The molecule has 1 aromatic heterocycles. The lowest BCUT2D eigenvalue weighted by atomic mass is 9.79. The molecule has 0 saturated carbocycles. The molecular formula is C21H24FN5. The Kier molecular flexibility index (Phi) is 5.19. The number of rotatable bonds is 3. The molecule has 27 heavy (non-hydrogen) atoms. The molecule has 0 radical (unpaired) electrons. The second-order valence-corrected chi connectivity index (χ2v) is 7.45. The molecular weight excluding hydrogens is 341 g/mol. The van der Waals surface area contributed by atoms with Gasteiger partial charge in [-0.1, -0.05) is 6.07 Å². The van der Waals surface area contributed by atoms with E-state index in [0.29, 0.717) is 17.3 Å². The lowest BCUT2D eigenvalue weighted by Gasteiger charge is -2.41. The van der Waals surface area contributed by atoms with E-state index in [2.05, 4.69) is 24.6 Å². The summed E-state index contributed by atoms with van der Waals surface area (Å²) in [6.45, 7) is 10.8. The van der Waals surface area contributed by atoms with Crippen molar-refractivity contribution in [3.63, 3.8) is 0 Å². The van der Waals surface area contributed by atoms with E-state index in [0.717, 1.165) is 50.9 Å². The molecule has 4 rings (SSSR count). The zero-order chi connectivity index (χ0) is 18.6. The first-order valence-corrected chi connectivity index (χ1v) is 9.68. The predicted molar refractivity (Wildman–Crippen MR) is 105 cm³/mol. The van der Waals surface area contributed by atoms with E-state index in [1.165, 1.54) is 18.9 Å². The van der Waals surface area contributed by atoms with Gasteiger partial charge >= 0.3 is 0 Å². The molecule has 1 aromatic carbocycles. The number of hydrogen-bond acceptors (Lipinski definition) is 4. The number of halogens is 1. The number of piperidine rings is 2. The second-order valence-electron chi connectivity index (χ2n) is 7.45. The minimum atomic E-state index is -0.280. The largest absolute Gasteiger partial charge is 0.369 e. The quantitative estimate of drug-likeness (QED) is 0.760. The van der Waals surface area contributed by atoms with Crippen molar-refractivity contribution in [3.8, 4) is 0 Å². The maximum Gasteiger partial charge on any atom is 0.225 e. The van der Waals surface area contributed by atoms with Gasteiger partial charge < -0.3 is 9.80 Å². The maximum atomic E-state index is 14.3. The molecule has 6 heteroatoms. The Morgan fingerprint density at radius 1 is 0.926 bits per heavy atom. The third-order valence-electron chi connectivity index (χ3n) is 5.98. The summed E-state index contributed by atoms with van der Waals surface area (Å²) in [6.07, 6.45) is 8.17. The summed E-state index contributed by atoms with van der Waals surface area (Å²) in [6, 6.07) is 6.65. The third kappa shape index (κ3) is 3.87. The Labute approximate surface area is 159 Å². The minimum absolute atomic E-state index is 0.280. The average Bonchev–Trinajstić information content (AvgIpc) is 2.74. The van der Waals surface area contributed by atoms with E-state index >= 15 is 0 Å². The van der Waals surface area contributed by atoms with Gasteiger partial charge in [0, 0.05) is 38.6 Å². The highest BCUT2D eigenvalue weighted by molar-refractivity contribution is 5.57. The van der Waals surface area contributed by atoms with Crippen molar-refractivity contribution in [3.05, 3.63) is 53.9 Å². The third-order valence-corrected chi connectivity index (χ3v) is 5.98. The first-order valence-electron chi connectivity index (χ1n) is 9.68. The zero-order valence-corrected chi connectivity index (χ0v) is 15.4. The van der Waals surface area contributed by atoms with Crippen molar-refractivity contribution >= 4 is 17.3 Å². The maximum absolute atomic E-state index is 14.3. The Balaban J connectivity index is 1.31. The monoisotopic (exact) mass is 365 g/mol. The fraction of sp³-hybridized carbons (Fsp3) is 0.476. The van der Waals surface area contributed by atoms with E-state index < -0.39 is 0 Å². The average molecular weight is 365 g/mol. The van der Waals surface area contributed by atoms with Crippen LogP contribution in [-0.4, -0.2) is 36.1 Å². The Hall–Kier alpha value is -2.68. The molecule has 0 spiro atoms. The second kappa shape index (κ2) is 7.91. The van der Waals surface area contributed by atoms with Crippen LogP contribution in [0.15, 0.2) is 36.7 Å². The summed E-state index contributed by atoms with van der Waals surface area (Å²) in [5.41, 5.74) is 0.997. The van der Waals surface area contributed by atoms with E-state index in [9.17, 15) is 4.39 Å². The van der Waals surface area contributed by atoms with Gasteiger partial charge in [-0.15, -0.1) is 0 Å². The lowest BCUT2D eigenvalue weighted by molar-refractivity contribution is 0.232. The summed E-state index contributed by atoms with van der Waals surface area (Å²) < 4.78 is 14.3. The van der Waals surface area contributed by atoms with Crippen LogP contribution >= 0.6 is 0 Å². The summed E-state index contributed by atoms with van der Waals surface area (Å²) in [7, 11) is 0. The summed E-state index contributed by atoms with van der Waals surface area (Å²) in [5, 5.41) is 0. The number of hydrogen-bond donors (Lipinski definition) is 0. The van der Waals surface area contributed by atoms with Gasteiger partial charge in [0.25, 0.3) is 0 Å². The van der Waals surface area contributed by atoms with Crippen molar-refractivity contribution in [2.45, 2.75) is 25.7 Å². The van der Waals surface area contributed by atoms with E-state index in [1.54, 1.807) is 24.5 Å². The molecule has 0 aliphatic carbocycles. The predicted octanol–water partition coefficient (Wildman–Crippen LogP) is 4.30. The Bertz CT molecular complexity index is 803. The van der Waals surface area contributed by atoms with Crippen LogP contribution in [0.5, 0.6) is 0 Å². The van der Waals surface area contributed by atoms with Crippen molar-refractivity contribution in [2.75, 3.05) is 36.0 Å². The zero-order valence-electron chi connectivity index (χ0n) is 15.4. The molecule has 2 saturated heterocycles. The highest BCUT2D eigenvalue weighted by atomic mass is 19.1. The van der Waals surface area contributed by atoms with Gasteiger partial charge in [-0.25, -0.2) is 19.2 Å². The van der Waals surface area contributed by atoms with Crippen molar-refractivity contribution in [2.24, 2.45) is 11.8 Å². The van der Waals surface area contributed by atoms with Crippen LogP contribution in [0.2, 0.25) is 0 Å². The standard InChI is InChI=1S/C21H24FN5/c1-23-18-3-4-20(19(22)15-18)26-11-5-16(6-12-26)17-7-13-27(14-8-17)21-24-9-2-10-25-21/h2-4,9-10,15-17H,5-8,11-14H2. The van der Waals surface area contributed by atoms with Crippen molar-refractivity contribution in [1.82, 2.24) is 9.97 Å². The van der Waals surface area contributed by atoms with Crippen LogP contribution in [0.25, 0.3) is 4.85 Å². The molecule has 5 nitrogen and oxygen atoms in total. The van der Waals surface area contributed by atoms with Gasteiger partial charge in [-0.3, -0.25) is 0 Å². The molecule has 0 atom stereocenters. The Morgan fingerprint density at radius 2 is 1.52 bits per heavy atom. The smallest absolute Gasteiger partial charge is 0.225 e. The van der Waals surface area contributed by atoms with Crippen LogP contribution in [-0.2, 0) is 0 Å². The van der Waals surface area contributed by atoms with Crippen LogP contribution in [0.3, 0.4) is 0 Å². The number of aromatic nitrogens is 2. The normalized spacial score (nSPS) is 19.1. The molecule has 0 amide bonds. The first kappa shape index (κ1) is 17.7. The molecule has 0 unspecified atom stereocenters. The van der Waals surface area contributed by atoms with Gasteiger partial charge in [-0.05, 0) is 55.7 Å². The molecule has 0 N–H and O–H groups in total. The van der Waals surface area contributed by atoms with Crippen LogP contribution < -0.4 is 9.80 Å². The first-order chi connectivity index (χ1) is 13.2. The van der Waals surface area contributed by atoms with Crippen molar-refractivity contribution in [1.29, 1.82) is 0 Å². The molecule has 3 heterocycles. The van der Waals surface area contributed by atoms with E-state index in [1.807, 2.05) is 6.07 Å². The van der Waals surface area contributed by atoms with Gasteiger partial charge in [0.1, 0.15) is 5.82 Å². The van der Waals surface area contributed by atoms with Gasteiger partial charge in [0.2, 0.25) is 5.95 Å². The fourth-order valence-electron chi connectivity index (χ4n) is 4.46. The number of anilines is 2. The topological polar surface area (TPSA) is 36.6 Å². The summed E-state index contributed by atoms with van der Waals surface area (Å²) >= 11 is 0. The van der Waals surface area contributed by atoms with Crippen LogP contribution in [0.4, 0.5) is 21.7 Å². The lowest BCUT2D eigenvalue weighted by Crippen LogP contribution is -2.41.